The quantitative estimate of drug-likeness (QED) is 0.671. The summed E-state index contributed by atoms with van der Waals surface area (Å²) in [5.74, 6) is 0.111. The molecule has 1 aromatic carbocycles. The van der Waals surface area contributed by atoms with Gasteiger partial charge in [-0.1, -0.05) is 12.1 Å². The lowest BCUT2D eigenvalue weighted by molar-refractivity contribution is 0.101. The van der Waals surface area contributed by atoms with Crippen LogP contribution in [0.15, 0.2) is 45.5 Å². The van der Waals surface area contributed by atoms with Gasteiger partial charge in [0.1, 0.15) is 0 Å². The summed E-state index contributed by atoms with van der Waals surface area (Å²) in [6.07, 6.45) is 1.46. The lowest BCUT2D eigenvalue weighted by atomic mass is 10.1. The number of rotatable bonds is 2. The maximum Gasteiger partial charge on any atom is 0.229 e. The Morgan fingerprint density at radius 3 is 2.73 bits per heavy atom. The van der Waals surface area contributed by atoms with Gasteiger partial charge in [0.05, 0.1) is 10.7 Å². The van der Waals surface area contributed by atoms with Gasteiger partial charge in [0.2, 0.25) is 5.78 Å². The summed E-state index contributed by atoms with van der Waals surface area (Å²) < 4.78 is 5.73. The summed E-state index contributed by atoms with van der Waals surface area (Å²) in [7, 11) is 0. The van der Waals surface area contributed by atoms with Gasteiger partial charge >= 0.3 is 0 Å². The Balaban J connectivity index is 2.41. The van der Waals surface area contributed by atoms with Crippen molar-refractivity contribution in [1.82, 2.24) is 0 Å². The van der Waals surface area contributed by atoms with Crippen LogP contribution in [0.25, 0.3) is 0 Å². The second-order valence-corrected chi connectivity index (χ2v) is 3.91. The first-order chi connectivity index (χ1) is 7.18. The minimum Gasteiger partial charge on any atom is -0.460 e. The molecular formula is C11H8BrNO2. The van der Waals surface area contributed by atoms with Crippen LogP contribution in [0.1, 0.15) is 16.1 Å². The molecule has 2 N–H and O–H groups in total. The van der Waals surface area contributed by atoms with Crippen LogP contribution in [0.3, 0.4) is 0 Å². The van der Waals surface area contributed by atoms with E-state index in [2.05, 4.69) is 15.9 Å². The fourth-order valence-corrected chi connectivity index (χ4v) is 1.65. The monoisotopic (exact) mass is 265 g/mol. The van der Waals surface area contributed by atoms with Crippen molar-refractivity contribution in [3.05, 3.63) is 52.4 Å². The highest BCUT2D eigenvalue weighted by Crippen LogP contribution is 2.21. The Morgan fingerprint density at radius 1 is 1.33 bits per heavy atom. The first-order valence-electron chi connectivity index (χ1n) is 4.31. The predicted molar refractivity (Wildman–Crippen MR) is 60.7 cm³/mol. The smallest absolute Gasteiger partial charge is 0.229 e. The molecule has 0 spiro atoms. The Bertz CT molecular complexity index is 505. The number of hydrogen-bond donors (Lipinski definition) is 1. The van der Waals surface area contributed by atoms with Crippen molar-refractivity contribution in [2.75, 3.05) is 5.73 Å². The predicted octanol–water partition coefficient (Wildman–Crippen LogP) is 2.86. The molecule has 76 valence electrons. The number of nitrogen functional groups attached to an aromatic ring is 1. The highest BCUT2D eigenvalue weighted by atomic mass is 79.9. The molecule has 0 aliphatic heterocycles. The van der Waals surface area contributed by atoms with Crippen molar-refractivity contribution >= 4 is 27.4 Å². The molecule has 0 bridgehead atoms. The summed E-state index contributed by atoms with van der Waals surface area (Å²) in [5.41, 5.74) is 6.67. The number of furan rings is 1. The van der Waals surface area contributed by atoms with E-state index in [0.29, 0.717) is 21.5 Å². The van der Waals surface area contributed by atoms with Crippen LogP contribution in [0.2, 0.25) is 0 Å². The van der Waals surface area contributed by atoms with Crippen molar-refractivity contribution in [3.8, 4) is 0 Å². The van der Waals surface area contributed by atoms with Gasteiger partial charge in [-0.15, -0.1) is 0 Å². The summed E-state index contributed by atoms with van der Waals surface area (Å²) in [5, 5.41) is 0. The van der Waals surface area contributed by atoms with Gasteiger partial charge in [0.25, 0.3) is 0 Å². The fourth-order valence-electron chi connectivity index (χ4n) is 1.27. The molecule has 1 heterocycles. The Kier molecular flexibility index (Phi) is 2.60. The molecule has 0 atom stereocenters. The van der Waals surface area contributed by atoms with E-state index in [1.807, 2.05) is 0 Å². The largest absolute Gasteiger partial charge is 0.460 e. The normalized spacial score (nSPS) is 10.2. The van der Waals surface area contributed by atoms with Crippen molar-refractivity contribution in [3.63, 3.8) is 0 Å². The van der Waals surface area contributed by atoms with Gasteiger partial charge in [-0.2, -0.15) is 0 Å². The van der Waals surface area contributed by atoms with Crippen LogP contribution in [-0.2, 0) is 0 Å². The van der Waals surface area contributed by atoms with Crippen LogP contribution < -0.4 is 5.73 Å². The molecule has 4 heteroatoms. The second-order valence-electron chi connectivity index (χ2n) is 3.05. The maximum atomic E-state index is 11.9. The van der Waals surface area contributed by atoms with Gasteiger partial charge < -0.3 is 10.2 Å². The zero-order valence-corrected chi connectivity index (χ0v) is 9.32. The molecule has 2 rings (SSSR count). The molecule has 15 heavy (non-hydrogen) atoms. The summed E-state index contributed by atoms with van der Waals surface area (Å²) in [6, 6.07) is 8.47. The van der Waals surface area contributed by atoms with E-state index in [1.54, 1.807) is 30.3 Å². The van der Waals surface area contributed by atoms with Crippen molar-refractivity contribution < 1.29 is 9.21 Å². The first-order valence-corrected chi connectivity index (χ1v) is 5.11. The average molecular weight is 266 g/mol. The molecule has 0 fully saturated rings. The van der Waals surface area contributed by atoms with Gasteiger partial charge in [-0.3, -0.25) is 4.79 Å². The SMILES string of the molecule is Nc1cccc(C(=O)c2occc2Br)c1. The van der Waals surface area contributed by atoms with Crippen LogP contribution in [0.4, 0.5) is 5.69 Å². The van der Waals surface area contributed by atoms with Gasteiger partial charge in [0, 0.05) is 11.3 Å². The van der Waals surface area contributed by atoms with Gasteiger partial charge in [-0.05, 0) is 34.1 Å². The molecule has 3 nitrogen and oxygen atoms in total. The second kappa shape index (κ2) is 3.90. The van der Waals surface area contributed by atoms with Crippen LogP contribution in [0.5, 0.6) is 0 Å². The minimum atomic E-state index is -0.181. The van der Waals surface area contributed by atoms with Crippen LogP contribution in [0, 0.1) is 0 Å². The van der Waals surface area contributed by atoms with E-state index < -0.39 is 0 Å². The van der Waals surface area contributed by atoms with Crippen molar-refractivity contribution in [2.45, 2.75) is 0 Å². The number of anilines is 1. The van der Waals surface area contributed by atoms with E-state index in [0.717, 1.165) is 0 Å². The summed E-state index contributed by atoms with van der Waals surface area (Å²) in [4.78, 5) is 11.9. The number of nitrogens with two attached hydrogens (primary N) is 1. The molecule has 0 radical (unpaired) electrons. The zero-order chi connectivity index (χ0) is 10.8. The number of halogens is 1. The number of carbonyl (C=O) groups is 1. The zero-order valence-electron chi connectivity index (χ0n) is 7.74. The Morgan fingerprint density at radius 2 is 2.13 bits per heavy atom. The van der Waals surface area contributed by atoms with E-state index in [1.165, 1.54) is 6.26 Å². The lowest BCUT2D eigenvalue weighted by Gasteiger charge is -1.99. The average Bonchev–Trinajstić information content (AvgIpc) is 2.63. The minimum absolute atomic E-state index is 0.181. The lowest BCUT2D eigenvalue weighted by Crippen LogP contribution is -2.01. The molecule has 0 unspecified atom stereocenters. The molecule has 0 saturated heterocycles. The molecule has 0 aliphatic carbocycles. The maximum absolute atomic E-state index is 11.9. The van der Waals surface area contributed by atoms with E-state index in [-0.39, 0.29) is 5.78 Å². The molecule has 0 amide bonds. The van der Waals surface area contributed by atoms with Crippen LogP contribution in [-0.4, -0.2) is 5.78 Å². The van der Waals surface area contributed by atoms with Gasteiger partial charge in [-0.25, -0.2) is 0 Å². The first kappa shape index (κ1) is 9.98. The molecular weight excluding hydrogens is 258 g/mol. The van der Waals surface area contributed by atoms with Crippen molar-refractivity contribution in [2.24, 2.45) is 0 Å². The number of benzene rings is 1. The fraction of sp³-hybridized carbons (Fsp3) is 0. The molecule has 0 saturated carbocycles. The van der Waals surface area contributed by atoms with Gasteiger partial charge in [0.15, 0.2) is 5.76 Å². The van der Waals surface area contributed by atoms with Crippen molar-refractivity contribution in [1.29, 1.82) is 0 Å². The Hall–Kier alpha value is -1.55. The summed E-state index contributed by atoms with van der Waals surface area (Å²) in [6.45, 7) is 0. The number of ketones is 1. The highest BCUT2D eigenvalue weighted by molar-refractivity contribution is 9.10. The third-order valence-electron chi connectivity index (χ3n) is 1.97. The number of carbonyl (C=O) groups excluding carboxylic acids is 1. The molecule has 2 aromatic rings. The summed E-state index contributed by atoms with van der Waals surface area (Å²) >= 11 is 3.24. The van der Waals surface area contributed by atoms with E-state index in [4.69, 9.17) is 10.2 Å². The van der Waals surface area contributed by atoms with Crippen LogP contribution >= 0.6 is 15.9 Å². The third-order valence-corrected chi connectivity index (χ3v) is 2.60. The standard InChI is InChI=1S/C11H8BrNO2/c12-9-4-5-15-11(9)10(14)7-2-1-3-8(13)6-7/h1-6H,13H2. The number of hydrogen-bond acceptors (Lipinski definition) is 3. The Labute approximate surface area is 95.0 Å². The molecule has 0 aliphatic rings. The molecule has 1 aromatic heterocycles. The highest BCUT2D eigenvalue weighted by Gasteiger charge is 2.15. The van der Waals surface area contributed by atoms with E-state index >= 15 is 0 Å². The third kappa shape index (κ3) is 1.94. The van der Waals surface area contributed by atoms with E-state index in [9.17, 15) is 4.79 Å². The topological polar surface area (TPSA) is 56.2 Å².